The van der Waals surface area contributed by atoms with Crippen molar-refractivity contribution in [1.82, 2.24) is 10.3 Å². The second-order valence-corrected chi connectivity index (χ2v) is 7.15. The smallest absolute Gasteiger partial charge is 0.257 e. The van der Waals surface area contributed by atoms with Crippen molar-refractivity contribution in [3.63, 3.8) is 0 Å². The number of rotatable bonds is 7. The molecular weight excluding hydrogens is 356 g/mol. The summed E-state index contributed by atoms with van der Waals surface area (Å²) in [5.41, 5.74) is 3.69. The highest BCUT2D eigenvalue weighted by Gasteiger charge is 2.16. The van der Waals surface area contributed by atoms with E-state index in [1.807, 2.05) is 6.92 Å². The first kappa shape index (κ1) is 18.1. The Labute approximate surface area is 152 Å². The van der Waals surface area contributed by atoms with Crippen molar-refractivity contribution >= 4 is 15.7 Å². The van der Waals surface area contributed by atoms with E-state index in [2.05, 4.69) is 16.8 Å². The molecule has 0 aromatic heterocycles. The van der Waals surface area contributed by atoms with Crippen LogP contribution in [0.3, 0.4) is 0 Å². The molecule has 26 heavy (non-hydrogen) atoms. The Bertz CT molecular complexity index is 894. The highest BCUT2D eigenvalue weighted by molar-refractivity contribution is 7.89. The molecular formula is C18H20N2O5S. The summed E-state index contributed by atoms with van der Waals surface area (Å²) in [5.74, 6) is 1.87. The van der Waals surface area contributed by atoms with E-state index in [-0.39, 0.29) is 4.90 Å². The number of fused-ring (bicyclic) bond motifs is 1. The molecule has 2 aromatic rings. The molecule has 0 aliphatic carbocycles. The average molecular weight is 376 g/mol. The van der Waals surface area contributed by atoms with Crippen molar-refractivity contribution in [3.8, 4) is 17.2 Å². The Morgan fingerprint density at radius 2 is 1.81 bits per heavy atom. The molecule has 0 spiro atoms. The zero-order valence-corrected chi connectivity index (χ0v) is 15.1. The van der Waals surface area contributed by atoms with E-state index in [9.17, 15) is 8.42 Å². The zero-order valence-electron chi connectivity index (χ0n) is 14.3. The molecule has 7 nitrogen and oxygen atoms in total. The first-order chi connectivity index (χ1) is 12.5. The molecule has 0 saturated carbocycles. The van der Waals surface area contributed by atoms with Crippen LogP contribution in [0, 0.1) is 0 Å². The lowest BCUT2D eigenvalue weighted by atomic mass is 10.1. The van der Waals surface area contributed by atoms with Crippen LogP contribution < -0.4 is 24.5 Å². The molecule has 2 N–H and O–H groups in total. The molecule has 0 atom stereocenters. The SMILES string of the molecule is C=C(NNS(=O)(=O)c1ccc(OCC)cc1)c1ccc2c(c1)OCCO2. The minimum Gasteiger partial charge on any atom is -0.494 e. The van der Waals surface area contributed by atoms with Gasteiger partial charge in [0.2, 0.25) is 0 Å². The van der Waals surface area contributed by atoms with Crippen LogP contribution in [0.15, 0.2) is 53.9 Å². The van der Waals surface area contributed by atoms with Gasteiger partial charge in [0.25, 0.3) is 10.0 Å². The lowest BCUT2D eigenvalue weighted by Crippen LogP contribution is -2.35. The van der Waals surface area contributed by atoms with Gasteiger partial charge in [-0.15, -0.1) is 4.83 Å². The number of hydrogen-bond donors (Lipinski definition) is 2. The minimum atomic E-state index is -3.75. The van der Waals surface area contributed by atoms with Gasteiger partial charge in [-0.1, -0.05) is 6.58 Å². The van der Waals surface area contributed by atoms with Crippen molar-refractivity contribution in [2.24, 2.45) is 0 Å². The van der Waals surface area contributed by atoms with E-state index < -0.39 is 10.0 Å². The molecule has 0 bridgehead atoms. The van der Waals surface area contributed by atoms with Gasteiger partial charge < -0.3 is 19.6 Å². The number of hydrogen-bond acceptors (Lipinski definition) is 6. The fourth-order valence-corrected chi connectivity index (χ4v) is 3.24. The lowest BCUT2D eigenvalue weighted by Gasteiger charge is -2.19. The summed E-state index contributed by atoms with van der Waals surface area (Å²) < 4.78 is 41.0. The molecule has 1 aliphatic heterocycles. The van der Waals surface area contributed by atoms with Gasteiger partial charge in [0.15, 0.2) is 11.5 Å². The topological polar surface area (TPSA) is 85.9 Å². The molecule has 1 aliphatic rings. The second-order valence-electron chi connectivity index (χ2n) is 5.47. The van der Waals surface area contributed by atoms with Crippen LogP contribution in [0.25, 0.3) is 5.70 Å². The first-order valence-corrected chi connectivity index (χ1v) is 9.57. The minimum absolute atomic E-state index is 0.114. The summed E-state index contributed by atoms with van der Waals surface area (Å²) in [6.07, 6.45) is 0. The van der Waals surface area contributed by atoms with Crippen LogP contribution in [-0.2, 0) is 10.0 Å². The third-order valence-corrected chi connectivity index (χ3v) is 4.94. The summed E-state index contributed by atoms with van der Waals surface area (Å²) >= 11 is 0. The summed E-state index contributed by atoms with van der Waals surface area (Å²) in [5, 5.41) is 0. The summed E-state index contributed by atoms with van der Waals surface area (Å²) in [6.45, 7) is 7.21. The van der Waals surface area contributed by atoms with Crippen molar-refractivity contribution in [2.45, 2.75) is 11.8 Å². The first-order valence-electron chi connectivity index (χ1n) is 8.09. The van der Waals surface area contributed by atoms with E-state index >= 15 is 0 Å². The Balaban J connectivity index is 1.66. The number of hydrazine groups is 1. The second kappa shape index (κ2) is 7.67. The van der Waals surface area contributed by atoms with Gasteiger partial charge in [-0.25, -0.2) is 8.42 Å². The van der Waals surface area contributed by atoms with Crippen molar-refractivity contribution < 1.29 is 22.6 Å². The molecule has 0 saturated heterocycles. The maximum Gasteiger partial charge on any atom is 0.257 e. The van der Waals surface area contributed by atoms with Gasteiger partial charge in [0.1, 0.15) is 19.0 Å². The average Bonchev–Trinajstić information content (AvgIpc) is 2.66. The Morgan fingerprint density at radius 3 is 2.50 bits per heavy atom. The number of benzene rings is 2. The van der Waals surface area contributed by atoms with Crippen LogP contribution in [0.2, 0.25) is 0 Å². The largest absolute Gasteiger partial charge is 0.494 e. The predicted molar refractivity (Wildman–Crippen MR) is 97.5 cm³/mol. The lowest BCUT2D eigenvalue weighted by molar-refractivity contribution is 0.171. The number of sulfonamides is 1. The molecule has 0 amide bonds. The standard InChI is InChI=1S/C18H20N2O5S/c1-3-23-15-5-7-16(8-6-15)26(21,22)20-19-13(2)14-4-9-17-18(12-14)25-11-10-24-17/h4-9,12,19-20H,2-3,10-11H2,1H3. The Kier molecular flexibility index (Phi) is 5.34. The van der Waals surface area contributed by atoms with Crippen molar-refractivity contribution in [2.75, 3.05) is 19.8 Å². The monoisotopic (exact) mass is 376 g/mol. The maximum atomic E-state index is 12.4. The van der Waals surface area contributed by atoms with Gasteiger partial charge in [-0.05, 0) is 49.4 Å². The predicted octanol–water partition coefficient (Wildman–Crippen LogP) is 2.31. The van der Waals surface area contributed by atoms with Gasteiger partial charge in [0, 0.05) is 11.3 Å². The Morgan fingerprint density at radius 1 is 1.12 bits per heavy atom. The Hall–Kier alpha value is -2.71. The molecule has 0 fully saturated rings. The maximum absolute atomic E-state index is 12.4. The zero-order chi connectivity index (χ0) is 18.6. The third kappa shape index (κ3) is 4.09. The van der Waals surface area contributed by atoms with Crippen LogP contribution in [0.5, 0.6) is 17.2 Å². The molecule has 0 radical (unpaired) electrons. The van der Waals surface area contributed by atoms with Gasteiger partial charge >= 0.3 is 0 Å². The molecule has 1 heterocycles. The van der Waals surface area contributed by atoms with E-state index in [1.165, 1.54) is 12.1 Å². The van der Waals surface area contributed by atoms with Crippen molar-refractivity contribution in [3.05, 3.63) is 54.6 Å². The van der Waals surface area contributed by atoms with Crippen molar-refractivity contribution in [1.29, 1.82) is 0 Å². The fraction of sp³-hybridized carbons (Fsp3) is 0.222. The van der Waals surface area contributed by atoms with E-state index in [4.69, 9.17) is 14.2 Å². The van der Waals surface area contributed by atoms with E-state index in [1.54, 1.807) is 30.3 Å². The van der Waals surface area contributed by atoms with E-state index in [0.717, 1.165) is 0 Å². The quantitative estimate of drug-likeness (QED) is 0.722. The number of nitrogens with one attached hydrogen (secondary N) is 2. The van der Waals surface area contributed by atoms with Gasteiger partial charge in [-0.3, -0.25) is 0 Å². The van der Waals surface area contributed by atoms with Gasteiger partial charge in [-0.2, -0.15) is 0 Å². The number of ether oxygens (including phenoxy) is 3. The van der Waals surface area contributed by atoms with Crippen LogP contribution in [-0.4, -0.2) is 28.2 Å². The summed E-state index contributed by atoms with van der Waals surface area (Å²) in [4.78, 5) is 2.43. The van der Waals surface area contributed by atoms with Crippen LogP contribution >= 0.6 is 0 Å². The van der Waals surface area contributed by atoms with Crippen LogP contribution in [0.1, 0.15) is 12.5 Å². The van der Waals surface area contributed by atoms with Crippen LogP contribution in [0.4, 0.5) is 0 Å². The molecule has 8 heteroatoms. The summed E-state index contributed by atoms with van der Waals surface area (Å²) in [7, 11) is -3.75. The highest BCUT2D eigenvalue weighted by atomic mass is 32.2. The molecule has 0 unspecified atom stereocenters. The summed E-state index contributed by atoms with van der Waals surface area (Å²) in [6, 6.07) is 11.4. The third-order valence-electron chi connectivity index (χ3n) is 3.67. The normalized spacial score (nSPS) is 13.1. The molecule has 3 rings (SSSR count). The fourth-order valence-electron chi connectivity index (χ4n) is 2.37. The van der Waals surface area contributed by atoms with E-state index in [0.29, 0.717) is 48.3 Å². The highest BCUT2D eigenvalue weighted by Crippen LogP contribution is 2.32. The van der Waals surface area contributed by atoms with Gasteiger partial charge in [0.05, 0.1) is 11.5 Å². The molecule has 138 valence electrons. The molecule has 2 aromatic carbocycles.